The van der Waals surface area contributed by atoms with Crippen molar-refractivity contribution in [3.8, 4) is 34.3 Å². The van der Waals surface area contributed by atoms with Crippen LogP contribution in [-0.4, -0.2) is 38.3 Å². The Morgan fingerprint density at radius 3 is 2.66 bits per heavy atom. The number of ether oxygens (including phenoxy) is 4. The van der Waals surface area contributed by atoms with Gasteiger partial charge in [0.2, 0.25) is 5.91 Å². The van der Waals surface area contributed by atoms with Crippen molar-refractivity contribution >= 4 is 22.4 Å². The molecule has 150 valence electrons. The van der Waals surface area contributed by atoms with Crippen molar-refractivity contribution in [2.24, 2.45) is 0 Å². The van der Waals surface area contributed by atoms with Crippen molar-refractivity contribution in [1.82, 2.24) is 4.98 Å². The van der Waals surface area contributed by atoms with Crippen LogP contribution in [0.5, 0.6) is 23.0 Å². The van der Waals surface area contributed by atoms with Crippen molar-refractivity contribution in [2.75, 3.05) is 32.8 Å². The highest BCUT2D eigenvalue weighted by Crippen LogP contribution is 2.34. The third-order valence-corrected chi connectivity index (χ3v) is 5.16. The largest absolute Gasteiger partial charge is 0.493 e. The van der Waals surface area contributed by atoms with E-state index in [-0.39, 0.29) is 12.3 Å². The van der Waals surface area contributed by atoms with Gasteiger partial charge in [-0.3, -0.25) is 4.79 Å². The Balaban J connectivity index is 1.43. The van der Waals surface area contributed by atoms with Gasteiger partial charge in [-0.1, -0.05) is 6.07 Å². The van der Waals surface area contributed by atoms with Gasteiger partial charge in [0.15, 0.2) is 28.1 Å². The van der Waals surface area contributed by atoms with Gasteiger partial charge in [0.25, 0.3) is 0 Å². The number of hydrogen-bond acceptors (Lipinski definition) is 7. The number of amides is 1. The number of benzene rings is 2. The van der Waals surface area contributed by atoms with Gasteiger partial charge in [0, 0.05) is 10.9 Å². The maximum absolute atomic E-state index is 12.4. The van der Waals surface area contributed by atoms with Crippen LogP contribution in [0.4, 0.5) is 5.13 Å². The fourth-order valence-corrected chi connectivity index (χ4v) is 3.74. The lowest BCUT2D eigenvalue weighted by Gasteiger charge is -2.18. The normalized spacial score (nSPS) is 12.3. The van der Waals surface area contributed by atoms with Gasteiger partial charge in [-0.25, -0.2) is 4.98 Å². The molecule has 0 bridgehead atoms. The topological polar surface area (TPSA) is 78.9 Å². The van der Waals surface area contributed by atoms with E-state index in [9.17, 15) is 4.79 Å². The lowest BCUT2D eigenvalue weighted by Crippen LogP contribution is -2.17. The molecule has 0 aliphatic carbocycles. The third-order valence-electron chi connectivity index (χ3n) is 4.40. The first-order valence-corrected chi connectivity index (χ1v) is 9.90. The van der Waals surface area contributed by atoms with E-state index in [1.165, 1.54) is 11.3 Å². The number of nitrogens with one attached hydrogen (secondary N) is 1. The van der Waals surface area contributed by atoms with Gasteiger partial charge in [-0.05, 0) is 35.9 Å². The molecule has 0 saturated heterocycles. The molecule has 29 heavy (non-hydrogen) atoms. The second kappa shape index (κ2) is 8.40. The minimum atomic E-state index is -0.144. The van der Waals surface area contributed by atoms with Gasteiger partial charge in [0.05, 0.1) is 26.3 Å². The monoisotopic (exact) mass is 412 g/mol. The van der Waals surface area contributed by atoms with Crippen molar-refractivity contribution in [1.29, 1.82) is 0 Å². The average molecular weight is 412 g/mol. The van der Waals surface area contributed by atoms with E-state index in [0.29, 0.717) is 41.3 Å². The molecule has 0 unspecified atom stereocenters. The molecule has 0 atom stereocenters. The first-order chi connectivity index (χ1) is 14.2. The maximum Gasteiger partial charge on any atom is 0.230 e. The predicted octanol–water partition coefficient (Wildman–Crippen LogP) is 3.78. The molecule has 1 amide bonds. The lowest BCUT2D eigenvalue weighted by atomic mass is 10.1. The Labute approximate surface area is 172 Å². The summed E-state index contributed by atoms with van der Waals surface area (Å²) in [5.41, 5.74) is 2.49. The average Bonchev–Trinajstić information content (AvgIpc) is 3.21. The van der Waals surface area contributed by atoms with Crippen LogP contribution in [-0.2, 0) is 11.2 Å². The second-order valence-corrected chi connectivity index (χ2v) is 7.17. The summed E-state index contributed by atoms with van der Waals surface area (Å²) < 4.78 is 21.7. The van der Waals surface area contributed by atoms with Crippen LogP contribution in [0.3, 0.4) is 0 Å². The number of carbonyl (C=O) groups excluding carboxylic acids is 1. The highest BCUT2D eigenvalue weighted by atomic mass is 32.1. The van der Waals surface area contributed by atoms with Gasteiger partial charge in [-0.2, -0.15) is 0 Å². The maximum atomic E-state index is 12.4. The van der Waals surface area contributed by atoms with Gasteiger partial charge in [-0.15, -0.1) is 11.3 Å². The summed E-state index contributed by atoms with van der Waals surface area (Å²) in [6.07, 6.45) is 0.224. The summed E-state index contributed by atoms with van der Waals surface area (Å²) in [7, 11) is 3.18. The molecule has 1 aliphatic heterocycles. The van der Waals surface area contributed by atoms with E-state index < -0.39 is 0 Å². The molecular formula is C21H20N2O5S. The molecule has 0 fully saturated rings. The molecule has 1 N–H and O–H groups in total. The number of rotatable bonds is 6. The van der Waals surface area contributed by atoms with Crippen molar-refractivity contribution < 1.29 is 23.7 Å². The van der Waals surface area contributed by atoms with E-state index in [4.69, 9.17) is 18.9 Å². The number of nitrogens with zero attached hydrogens (tertiary/aromatic N) is 1. The predicted molar refractivity (Wildman–Crippen MR) is 110 cm³/mol. The van der Waals surface area contributed by atoms with Gasteiger partial charge in [0.1, 0.15) is 13.2 Å². The first-order valence-electron chi connectivity index (χ1n) is 9.02. The second-order valence-electron chi connectivity index (χ2n) is 6.31. The fraction of sp³-hybridized carbons (Fsp3) is 0.238. The number of anilines is 1. The Hall–Kier alpha value is -3.26. The highest BCUT2D eigenvalue weighted by molar-refractivity contribution is 7.14. The minimum absolute atomic E-state index is 0.144. The summed E-state index contributed by atoms with van der Waals surface area (Å²) in [5.74, 6) is 2.52. The van der Waals surface area contributed by atoms with Crippen LogP contribution in [0.1, 0.15) is 5.56 Å². The third kappa shape index (κ3) is 4.27. The highest BCUT2D eigenvalue weighted by Gasteiger charge is 2.15. The molecule has 0 saturated carbocycles. The zero-order valence-electron chi connectivity index (χ0n) is 16.1. The zero-order chi connectivity index (χ0) is 20.2. The Bertz CT molecular complexity index is 1030. The number of fused-ring (bicyclic) bond motifs is 1. The van der Waals surface area contributed by atoms with Crippen LogP contribution in [0, 0.1) is 0 Å². The van der Waals surface area contributed by atoms with Crippen molar-refractivity contribution in [3.63, 3.8) is 0 Å². The van der Waals surface area contributed by atoms with E-state index in [1.807, 2.05) is 41.8 Å². The van der Waals surface area contributed by atoms with Gasteiger partial charge >= 0.3 is 0 Å². The SMILES string of the molecule is COc1ccc(-c2csc(NC(=O)Cc3ccc4c(c3)OCCO4)n2)cc1OC. The molecule has 2 heterocycles. The fourth-order valence-electron chi connectivity index (χ4n) is 3.01. The molecule has 0 spiro atoms. The Morgan fingerprint density at radius 1 is 1.07 bits per heavy atom. The number of carbonyl (C=O) groups is 1. The number of hydrogen-bond donors (Lipinski definition) is 1. The molecule has 1 aliphatic rings. The summed E-state index contributed by atoms with van der Waals surface area (Å²) in [4.78, 5) is 16.9. The van der Waals surface area contributed by atoms with Crippen LogP contribution in [0.2, 0.25) is 0 Å². The van der Waals surface area contributed by atoms with Gasteiger partial charge < -0.3 is 24.3 Å². The van der Waals surface area contributed by atoms with E-state index in [0.717, 1.165) is 16.8 Å². The van der Waals surface area contributed by atoms with E-state index >= 15 is 0 Å². The molecule has 1 aromatic heterocycles. The van der Waals surface area contributed by atoms with Crippen LogP contribution in [0.25, 0.3) is 11.3 Å². The Kier molecular flexibility index (Phi) is 5.53. The van der Waals surface area contributed by atoms with Crippen LogP contribution >= 0.6 is 11.3 Å². The molecule has 8 heteroatoms. The molecule has 7 nitrogen and oxygen atoms in total. The van der Waals surface area contributed by atoms with Crippen molar-refractivity contribution in [3.05, 3.63) is 47.3 Å². The van der Waals surface area contributed by atoms with Crippen LogP contribution < -0.4 is 24.3 Å². The molecule has 3 aromatic rings. The Morgan fingerprint density at radius 2 is 1.86 bits per heavy atom. The standard InChI is InChI=1S/C21H20N2O5S/c1-25-16-6-4-14(11-18(16)26-2)15-12-29-21(22-15)23-20(24)10-13-3-5-17-19(9-13)28-8-7-27-17/h3-6,9,11-12H,7-8,10H2,1-2H3,(H,22,23,24). The van der Waals surface area contributed by atoms with E-state index in [1.54, 1.807) is 14.2 Å². The quantitative estimate of drug-likeness (QED) is 0.664. The smallest absolute Gasteiger partial charge is 0.230 e. The molecule has 4 rings (SSSR count). The lowest BCUT2D eigenvalue weighted by molar-refractivity contribution is -0.115. The molecular weight excluding hydrogens is 392 g/mol. The molecule has 0 radical (unpaired) electrons. The summed E-state index contributed by atoms with van der Waals surface area (Å²) in [6.45, 7) is 1.06. The summed E-state index contributed by atoms with van der Waals surface area (Å²) in [5, 5.41) is 5.28. The van der Waals surface area contributed by atoms with E-state index in [2.05, 4.69) is 10.3 Å². The summed E-state index contributed by atoms with van der Waals surface area (Å²) in [6, 6.07) is 11.1. The minimum Gasteiger partial charge on any atom is -0.493 e. The number of methoxy groups -OCH3 is 2. The number of thiazole rings is 1. The number of aromatic nitrogens is 1. The van der Waals surface area contributed by atoms with Crippen molar-refractivity contribution in [2.45, 2.75) is 6.42 Å². The molecule has 2 aromatic carbocycles. The first kappa shape index (κ1) is 19.1. The van der Waals surface area contributed by atoms with Crippen LogP contribution in [0.15, 0.2) is 41.8 Å². The summed E-state index contributed by atoms with van der Waals surface area (Å²) >= 11 is 1.37. The zero-order valence-corrected chi connectivity index (χ0v) is 16.9.